The zero-order valence-electron chi connectivity index (χ0n) is 12.4. The molecule has 0 spiro atoms. The van der Waals surface area contributed by atoms with Crippen LogP contribution in [0.4, 0.5) is 5.69 Å². The van der Waals surface area contributed by atoms with Crippen molar-refractivity contribution < 1.29 is 0 Å². The zero-order chi connectivity index (χ0) is 14.8. The lowest BCUT2D eigenvalue weighted by atomic mass is 10.1. The highest BCUT2D eigenvalue weighted by molar-refractivity contribution is 9.10. The van der Waals surface area contributed by atoms with Gasteiger partial charge in [0.1, 0.15) is 0 Å². The molecule has 0 amide bonds. The zero-order valence-corrected chi connectivity index (χ0v) is 14.8. The van der Waals surface area contributed by atoms with Gasteiger partial charge in [-0.05, 0) is 43.5 Å². The van der Waals surface area contributed by atoms with Gasteiger partial charge in [-0.3, -0.25) is 0 Å². The molecule has 3 rings (SSSR count). The first-order valence-corrected chi connectivity index (χ1v) is 8.93. The lowest BCUT2D eigenvalue weighted by Crippen LogP contribution is -2.21. The van der Waals surface area contributed by atoms with Crippen molar-refractivity contribution in [1.29, 1.82) is 0 Å². The van der Waals surface area contributed by atoms with Gasteiger partial charge in [-0.2, -0.15) is 0 Å². The van der Waals surface area contributed by atoms with Crippen molar-refractivity contribution in [3.05, 3.63) is 44.3 Å². The highest BCUT2D eigenvalue weighted by Crippen LogP contribution is 2.27. The number of nitrogens with zero attached hydrogens (tertiary/aromatic N) is 2. The summed E-state index contributed by atoms with van der Waals surface area (Å²) in [6.07, 6.45) is 2.63. The van der Waals surface area contributed by atoms with Gasteiger partial charge in [0, 0.05) is 35.2 Å². The van der Waals surface area contributed by atoms with Crippen molar-refractivity contribution in [2.75, 3.05) is 11.9 Å². The van der Waals surface area contributed by atoms with Crippen LogP contribution in [-0.4, -0.2) is 18.1 Å². The number of thiazole rings is 1. The smallest absolute Gasteiger partial charge is 0.0898 e. The van der Waals surface area contributed by atoms with Gasteiger partial charge in [-0.25, -0.2) is 4.98 Å². The summed E-state index contributed by atoms with van der Waals surface area (Å²) in [6.45, 7) is 3.83. The summed E-state index contributed by atoms with van der Waals surface area (Å²) in [5.74, 6) is 0. The number of nitrogens with one attached hydrogen (secondary N) is 1. The monoisotopic (exact) mass is 365 g/mol. The van der Waals surface area contributed by atoms with Gasteiger partial charge in [0.2, 0.25) is 0 Å². The molecule has 0 atom stereocenters. The molecule has 3 nitrogen and oxygen atoms in total. The molecule has 0 aliphatic heterocycles. The molecule has 112 valence electrons. The molecule has 1 aromatic heterocycles. The van der Waals surface area contributed by atoms with Crippen LogP contribution in [0.15, 0.2) is 28.1 Å². The normalized spacial score (nSPS) is 14.4. The maximum Gasteiger partial charge on any atom is 0.0898 e. The number of halogens is 1. The fourth-order valence-corrected chi connectivity index (χ4v) is 3.43. The van der Waals surface area contributed by atoms with Crippen LogP contribution in [0.5, 0.6) is 0 Å². The Kier molecular flexibility index (Phi) is 4.62. The summed E-state index contributed by atoms with van der Waals surface area (Å²) in [6, 6.07) is 7.24. The van der Waals surface area contributed by atoms with Gasteiger partial charge in [-0.15, -0.1) is 11.3 Å². The molecule has 1 aromatic carbocycles. The Morgan fingerprint density at radius 2 is 2.24 bits per heavy atom. The van der Waals surface area contributed by atoms with Gasteiger partial charge in [0.05, 0.1) is 17.2 Å². The third-order valence-electron chi connectivity index (χ3n) is 3.68. The fourth-order valence-electron chi connectivity index (χ4n) is 2.42. The molecular weight excluding hydrogens is 346 g/mol. The number of aromatic nitrogens is 1. The van der Waals surface area contributed by atoms with E-state index in [0.29, 0.717) is 0 Å². The molecule has 21 heavy (non-hydrogen) atoms. The summed E-state index contributed by atoms with van der Waals surface area (Å²) in [4.78, 5) is 6.84. The van der Waals surface area contributed by atoms with Crippen molar-refractivity contribution in [3.63, 3.8) is 0 Å². The fraction of sp³-hybridized carbons (Fsp3) is 0.438. The number of rotatable bonds is 6. The Labute approximate surface area is 138 Å². The topological polar surface area (TPSA) is 28.2 Å². The van der Waals surface area contributed by atoms with E-state index in [-0.39, 0.29) is 0 Å². The molecule has 1 fully saturated rings. The van der Waals surface area contributed by atoms with E-state index in [1.54, 1.807) is 11.3 Å². The minimum atomic E-state index is 0.725. The van der Waals surface area contributed by atoms with Crippen molar-refractivity contribution in [1.82, 2.24) is 10.3 Å². The Morgan fingerprint density at radius 3 is 2.90 bits per heavy atom. The summed E-state index contributed by atoms with van der Waals surface area (Å²) < 4.78 is 1.14. The first-order chi connectivity index (χ1) is 10.1. The van der Waals surface area contributed by atoms with E-state index in [4.69, 9.17) is 0 Å². The second-order valence-electron chi connectivity index (χ2n) is 5.64. The molecule has 0 unspecified atom stereocenters. The number of benzene rings is 1. The second-order valence-corrected chi connectivity index (χ2v) is 7.62. The largest absolute Gasteiger partial charge is 0.368 e. The lowest BCUT2D eigenvalue weighted by Gasteiger charge is -2.22. The molecule has 1 aliphatic carbocycles. The summed E-state index contributed by atoms with van der Waals surface area (Å²) in [5, 5.41) is 6.88. The molecule has 1 saturated carbocycles. The lowest BCUT2D eigenvalue weighted by molar-refractivity contribution is 0.685. The third kappa shape index (κ3) is 4.05. The van der Waals surface area contributed by atoms with Crippen molar-refractivity contribution in [2.45, 2.75) is 38.9 Å². The molecule has 1 aliphatic rings. The molecule has 2 aromatic rings. The van der Waals surface area contributed by atoms with Crippen molar-refractivity contribution >= 4 is 33.0 Å². The maximum absolute atomic E-state index is 4.56. The maximum atomic E-state index is 4.56. The standard InChI is InChI=1S/C16H20BrN3S/c1-11-19-15(10-21-11)9-20(2)16-6-3-13(17)7-12(16)8-18-14-4-5-14/h3,6-7,10,14,18H,4-5,8-9H2,1-2H3. The predicted molar refractivity (Wildman–Crippen MR) is 93.0 cm³/mol. The second kappa shape index (κ2) is 6.46. The van der Waals surface area contributed by atoms with Crippen LogP contribution in [0, 0.1) is 6.92 Å². The van der Waals surface area contributed by atoms with Crippen LogP contribution in [0.2, 0.25) is 0 Å². The van der Waals surface area contributed by atoms with Gasteiger partial charge in [0.15, 0.2) is 0 Å². The molecule has 5 heteroatoms. The van der Waals surface area contributed by atoms with Crippen LogP contribution < -0.4 is 10.2 Å². The van der Waals surface area contributed by atoms with Gasteiger partial charge >= 0.3 is 0 Å². The summed E-state index contributed by atoms with van der Waals surface area (Å²) in [7, 11) is 2.14. The molecule has 1 N–H and O–H groups in total. The average molecular weight is 366 g/mol. The average Bonchev–Trinajstić information content (AvgIpc) is 3.19. The Balaban J connectivity index is 1.75. The van der Waals surface area contributed by atoms with E-state index in [1.807, 2.05) is 0 Å². The third-order valence-corrected chi connectivity index (χ3v) is 4.99. The van der Waals surface area contributed by atoms with Crippen LogP contribution in [-0.2, 0) is 13.1 Å². The van der Waals surface area contributed by atoms with E-state index in [9.17, 15) is 0 Å². The summed E-state index contributed by atoms with van der Waals surface area (Å²) >= 11 is 5.29. The van der Waals surface area contributed by atoms with Crippen molar-refractivity contribution in [3.8, 4) is 0 Å². The van der Waals surface area contributed by atoms with Crippen LogP contribution in [0.3, 0.4) is 0 Å². The quantitative estimate of drug-likeness (QED) is 0.834. The van der Waals surface area contributed by atoms with E-state index >= 15 is 0 Å². The van der Waals surface area contributed by atoms with E-state index in [0.717, 1.165) is 34.3 Å². The Bertz CT molecular complexity index is 622. The minimum absolute atomic E-state index is 0.725. The first kappa shape index (κ1) is 15.0. The van der Waals surface area contributed by atoms with E-state index in [1.165, 1.54) is 24.1 Å². The molecule has 0 saturated heterocycles. The molecular formula is C16H20BrN3S. The van der Waals surface area contributed by atoms with Crippen LogP contribution in [0.25, 0.3) is 0 Å². The van der Waals surface area contributed by atoms with E-state index in [2.05, 4.69) is 68.7 Å². The van der Waals surface area contributed by atoms with E-state index < -0.39 is 0 Å². The van der Waals surface area contributed by atoms with Gasteiger partial charge in [0.25, 0.3) is 0 Å². The molecule has 0 bridgehead atoms. The number of anilines is 1. The first-order valence-electron chi connectivity index (χ1n) is 7.26. The van der Waals surface area contributed by atoms with Crippen LogP contribution in [0.1, 0.15) is 29.1 Å². The van der Waals surface area contributed by atoms with Crippen molar-refractivity contribution in [2.24, 2.45) is 0 Å². The Hall–Kier alpha value is -0.910. The highest BCUT2D eigenvalue weighted by atomic mass is 79.9. The van der Waals surface area contributed by atoms with Gasteiger partial charge in [-0.1, -0.05) is 15.9 Å². The minimum Gasteiger partial charge on any atom is -0.368 e. The predicted octanol–water partition coefficient (Wildman–Crippen LogP) is 4.10. The number of hydrogen-bond acceptors (Lipinski definition) is 4. The SMILES string of the molecule is Cc1nc(CN(C)c2ccc(Br)cc2CNC2CC2)cs1. The van der Waals surface area contributed by atoms with Gasteiger partial charge < -0.3 is 10.2 Å². The number of hydrogen-bond donors (Lipinski definition) is 1. The molecule has 0 radical (unpaired) electrons. The highest BCUT2D eigenvalue weighted by Gasteiger charge is 2.21. The van der Waals surface area contributed by atoms with Crippen LogP contribution >= 0.6 is 27.3 Å². The number of aryl methyl sites for hydroxylation is 1. The summed E-state index contributed by atoms with van der Waals surface area (Å²) in [5.41, 5.74) is 3.76. The Morgan fingerprint density at radius 1 is 1.43 bits per heavy atom. The molecule has 1 heterocycles.